The Morgan fingerprint density at radius 1 is 1.21 bits per heavy atom. The highest BCUT2D eigenvalue weighted by Gasteiger charge is 2.07. The van der Waals surface area contributed by atoms with Crippen LogP contribution in [0.2, 0.25) is 0 Å². The zero-order valence-electron chi connectivity index (χ0n) is 10.1. The van der Waals surface area contributed by atoms with Crippen LogP contribution in [0, 0.1) is 0 Å². The highest BCUT2D eigenvalue weighted by Crippen LogP contribution is 2.18. The van der Waals surface area contributed by atoms with E-state index in [0.717, 1.165) is 14.9 Å². The summed E-state index contributed by atoms with van der Waals surface area (Å²) in [6.45, 7) is 1.03. The Morgan fingerprint density at radius 2 is 1.95 bits per heavy atom. The molecule has 0 radical (unpaired) electrons. The Kier molecular flexibility index (Phi) is 5.09. The number of carbonyl (C=O) groups is 1. The number of nitrogens with one attached hydrogen (secondary N) is 1. The van der Waals surface area contributed by atoms with Crippen LogP contribution in [0.3, 0.4) is 0 Å². The molecule has 4 nitrogen and oxygen atoms in total. The Labute approximate surface area is 123 Å². The van der Waals surface area contributed by atoms with Gasteiger partial charge >= 0.3 is 0 Å². The number of rotatable bonds is 5. The number of hydrogen-bond acceptors (Lipinski definition) is 4. The first-order valence-corrected chi connectivity index (χ1v) is 7.22. The molecule has 0 aliphatic heterocycles. The van der Waals surface area contributed by atoms with Gasteiger partial charge in [0, 0.05) is 9.35 Å². The van der Waals surface area contributed by atoms with Gasteiger partial charge in [-0.2, -0.15) is 0 Å². The highest BCUT2D eigenvalue weighted by atomic mass is 79.9. The van der Waals surface area contributed by atoms with E-state index in [2.05, 4.69) is 21.4 Å². The van der Waals surface area contributed by atoms with Crippen LogP contribution in [0.5, 0.6) is 0 Å². The lowest BCUT2D eigenvalue weighted by atomic mass is 10.2. The number of ether oxygens (including phenoxy) is 1. The monoisotopic (exact) mass is 340 g/mol. The minimum absolute atomic E-state index is 0.274. The molecule has 1 heterocycles. The molecule has 19 heavy (non-hydrogen) atoms. The van der Waals surface area contributed by atoms with Crippen LogP contribution in [0.1, 0.15) is 20.1 Å². The molecular weight excluding hydrogens is 328 g/mol. The molecule has 0 aliphatic carbocycles. The van der Waals surface area contributed by atoms with Crippen molar-refractivity contribution in [2.45, 2.75) is 13.2 Å². The molecule has 0 saturated carbocycles. The molecule has 0 aliphatic rings. The number of amides is 1. The van der Waals surface area contributed by atoms with E-state index in [1.54, 1.807) is 6.07 Å². The minimum Gasteiger partial charge on any atom is -0.371 e. The lowest BCUT2D eigenvalue weighted by Crippen LogP contribution is -2.29. The number of benzene rings is 1. The van der Waals surface area contributed by atoms with Gasteiger partial charge in [-0.3, -0.25) is 10.2 Å². The lowest BCUT2D eigenvalue weighted by molar-refractivity contribution is 0.0957. The van der Waals surface area contributed by atoms with Crippen LogP contribution in [-0.4, -0.2) is 5.91 Å². The molecule has 0 saturated heterocycles. The first-order valence-electron chi connectivity index (χ1n) is 5.61. The summed E-state index contributed by atoms with van der Waals surface area (Å²) in [4.78, 5) is 12.9. The molecule has 6 heteroatoms. The van der Waals surface area contributed by atoms with Crippen molar-refractivity contribution in [2.24, 2.45) is 5.84 Å². The number of hydrazine groups is 1. The van der Waals surface area contributed by atoms with Gasteiger partial charge in [0.15, 0.2) is 0 Å². The van der Waals surface area contributed by atoms with E-state index in [1.807, 2.05) is 30.3 Å². The van der Waals surface area contributed by atoms with Crippen molar-refractivity contribution in [3.8, 4) is 0 Å². The Hall–Kier alpha value is -1.21. The van der Waals surface area contributed by atoms with Gasteiger partial charge < -0.3 is 4.74 Å². The summed E-state index contributed by atoms with van der Waals surface area (Å²) in [6.07, 6.45) is 0. The highest BCUT2D eigenvalue weighted by molar-refractivity contribution is 9.10. The molecule has 3 N–H and O–H groups in total. The molecule has 0 unspecified atom stereocenters. The average Bonchev–Trinajstić information content (AvgIpc) is 2.89. The summed E-state index contributed by atoms with van der Waals surface area (Å²) >= 11 is 4.76. The van der Waals surface area contributed by atoms with Crippen molar-refractivity contribution in [3.63, 3.8) is 0 Å². The maximum atomic E-state index is 11.3. The van der Waals surface area contributed by atoms with Crippen molar-refractivity contribution in [1.82, 2.24) is 5.43 Å². The number of carbonyl (C=O) groups excluding carboxylic acids is 1. The molecule has 1 aromatic carbocycles. The molecule has 0 fully saturated rings. The maximum absolute atomic E-state index is 11.3. The summed E-state index contributed by atoms with van der Waals surface area (Å²) in [6, 6.07) is 11.6. The van der Waals surface area contributed by atoms with E-state index in [0.29, 0.717) is 18.1 Å². The standard InChI is InChI=1S/C13H13BrN2O2S/c14-10-3-1-9(2-4-10)7-18-8-11-5-6-12(19-11)13(17)16-15/h1-6H,7-8,15H2,(H,16,17). The van der Waals surface area contributed by atoms with Gasteiger partial charge in [0.2, 0.25) is 0 Å². The molecule has 0 spiro atoms. The molecule has 100 valence electrons. The predicted octanol–water partition coefficient (Wildman–Crippen LogP) is 2.83. The van der Waals surface area contributed by atoms with E-state index < -0.39 is 0 Å². The lowest BCUT2D eigenvalue weighted by Gasteiger charge is -2.03. The fraction of sp³-hybridized carbons (Fsp3) is 0.154. The second-order valence-corrected chi connectivity index (χ2v) is 5.94. The van der Waals surface area contributed by atoms with Crippen LogP contribution < -0.4 is 11.3 Å². The third-order valence-corrected chi connectivity index (χ3v) is 4.03. The zero-order valence-corrected chi connectivity index (χ0v) is 12.5. The van der Waals surface area contributed by atoms with Crippen LogP contribution >= 0.6 is 27.3 Å². The van der Waals surface area contributed by atoms with Gasteiger partial charge in [-0.25, -0.2) is 5.84 Å². The molecule has 0 atom stereocenters. The van der Waals surface area contributed by atoms with Gasteiger partial charge in [0.05, 0.1) is 18.1 Å². The zero-order chi connectivity index (χ0) is 13.7. The largest absolute Gasteiger partial charge is 0.371 e. The Morgan fingerprint density at radius 3 is 2.63 bits per heavy atom. The normalized spacial score (nSPS) is 10.4. The molecule has 1 amide bonds. The van der Waals surface area contributed by atoms with E-state index >= 15 is 0 Å². The second-order valence-electron chi connectivity index (χ2n) is 3.86. The van der Waals surface area contributed by atoms with Crippen molar-refractivity contribution in [2.75, 3.05) is 0 Å². The molecule has 2 rings (SSSR count). The smallest absolute Gasteiger partial charge is 0.275 e. The molecular formula is C13H13BrN2O2S. The quantitative estimate of drug-likeness (QED) is 0.499. The van der Waals surface area contributed by atoms with Crippen molar-refractivity contribution in [3.05, 3.63) is 56.2 Å². The first kappa shape index (κ1) is 14.2. The third kappa shape index (κ3) is 4.14. The minimum atomic E-state index is -0.274. The maximum Gasteiger partial charge on any atom is 0.275 e. The van der Waals surface area contributed by atoms with Gasteiger partial charge in [-0.1, -0.05) is 28.1 Å². The third-order valence-electron chi connectivity index (χ3n) is 2.44. The van der Waals surface area contributed by atoms with Gasteiger partial charge in [-0.05, 0) is 29.8 Å². The summed E-state index contributed by atoms with van der Waals surface area (Å²) in [5.41, 5.74) is 3.22. The molecule has 0 bridgehead atoms. The number of halogens is 1. The number of thiophene rings is 1. The van der Waals surface area contributed by atoms with Crippen molar-refractivity contribution >= 4 is 33.2 Å². The van der Waals surface area contributed by atoms with Crippen LogP contribution in [-0.2, 0) is 18.0 Å². The number of nitrogen functional groups attached to an aromatic ring is 1. The molecule has 1 aromatic heterocycles. The summed E-state index contributed by atoms with van der Waals surface area (Å²) in [7, 11) is 0. The van der Waals surface area contributed by atoms with Crippen molar-refractivity contribution in [1.29, 1.82) is 0 Å². The van der Waals surface area contributed by atoms with E-state index in [9.17, 15) is 4.79 Å². The number of nitrogens with two attached hydrogens (primary N) is 1. The number of hydrogen-bond donors (Lipinski definition) is 2. The van der Waals surface area contributed by atoms with Crippen LogP contribution in [0.15, 0.2) is 40.9 Å². The van der Waals surface area contributed by atoms with E-state index in [4.69, 9.17) is 10.6 Å². The summed E-state index contributed by atoms with van der Waals surface area (Å²) in [5, 5.41) is 0. The fourth-order valence-electron chi connectivity index (χ4n) is 1.50. The van der Waals surface area contributed by atoms with Gasteiger partial charge in [0.25, 0.3) is 5.91 Å². The van der Waals surface area contributed by atoms with E-state index in [1.165, 1.54) is 11.3 Å². The summed E-state index contributed by atoms with van der Waals surface area (Å²) < 4.78 is 6.65. The van der Waals surface area contributed by atoms with Crippen LogP contribution in [0.25, 0.3) is 0 Å². The first-order chi connectivity index (χ1) is 9.19. The Balaban J connectivity index is 1.84. The van der Waals surface area contributed by atoms with Gasteiger partial charge in [-0.15, -0.1) is 11.3 Å². The predicted molar refractivity (Wildman–Crippen MR) is 78.6 cm³/mol. The van der Waals surface area contributed by atoms with Gasteiger partial charge in [0.1, 0.15) is 0 Å². The van der Waals surface area contributed by atoms with E-state index in [-0.39, 0.29) is 5.91 Å². The fourth-order valence-corrected chi connectivity index (χ4v) is 2.61. The average molecular weight is 341 g/mol. The summed E-state index contributed by atoms with van der Waals surface area (Å²) in [5.74, 6) is 4.80. The second kappa shape index (κ2) is 6.81. The SMILES string of the molecule is NNC(=O)c1ccc(COCc2ccc(Br)cc2)s1. The molecule has 2 aromatic rings. The van der Waals surface area contributed by atoms with Crippen molar-refractivity contribution < 1.29 is 9.53 Å². The Bertz CT molecular complexity index is 554. The van der Waals surface area contributed by atoms with Crippen LogP contribution in [0.4, 0.5) is 0 Å². The topological polar surface area (TPSA) is 64.3 Å².